The third-order valence-corrected chi connectivity index (χ3v) is 4.40. The summed E-state index contributed by atoms with van der Waals surface area (Å²) in [6.45, 7) is 0. The molecule has 0 bridgehead atoms. The molecule has 4 rings (SSSR count). The highest BCUT2D eigenvalue weighted by atomic mass is 16.6. The number of amides is 1. The van der Waals surface area contributed by atoms with Crippen molar-refractivity contribution in [2.45, 2.75) is 0 Å². The van der Waals surface area contributed by atoms with Gasteiger partial charge in [0.25, 0.3) is 11.6 Å². The van der Waals surface area contributed by atoms with E-state index < -0.39 is 4.92 Å². The number of fused-ring (bicyclic) bond motifs is 1. The summed E-state index contributed by atoms with van der Waals surface area (Å²) in [5, 5.41) is 11.0. The zero-order chi connectivity index (χ0) is 19.0. The number of nitro groups is 1. The number of nitrogens with zero attached hydrogens (tertiary/aromatic N) is 2. The van der Waals surface area contributed by atoms with Gasteiger partial charge in [0.05, 0.1) is 16.2 Å². The van der Waals surface area contributed by atoms with Crippen LogP contribution in [0.4, 0.5) is 11.4 Å². The Labute approximate surface area is 154 Å². The van der Waals surface area contributed by atoms with E-state index in [0.29, 0.717) is 22.4 Å². The standard InChI is InChI=1S/C21H13N3O3/c1-2-23-20-9-8-15(14-5-3-7-17(11-14)24(26)27)12-18(20)19(21(23)25)13-16-6-4-10-22-16/h1,3-13,22H. The van der Waals surface area contributed by atoms with Crippen molar-refractivity contribution >= 4 is 28.9 Å². The topological polar surface area (TPSA) is 79.2 Å². The minimum absolute atomic E-state index is 0.0106. The maximum absolute atomic E-state index is 12.7. The zero-order valence-corrected chi connectivity index (χ0v) is 14.0. The molecule has 1 amide bonds. The molecule has 130 valence electrons. The summed E-state index contributed by atoms with van der Waals surface area (Å²) < 4.78 is 0. The normalized spacial score (nSPS) is 14.3. The second-order valence-electron chi connectivity index (χ2n) is 5.99. The van der Waals surface area contributed by atoms with E-state index in [1.54, 1.807) is 36.5 Å². The van der Waals surface area contributed by atoms with Crippen LogP contribution in [-0.2, 0) is 4.79 Å². The Balaban J connectivity index is 1.86. The van der Waals surface area contributed by atoms with Gasteiger partial charge in [0.15, 0.2) is 0 Å². The first kappa shape index (κ1) is 16.4. The van der Waals surface area contributed by atoms with Gasteiger partial charge >= 0.3 is 0 Å². The fraction of sp³-hybridized carbons (Fsp3) is 0. The number of anilines is 1. The third kappa shape index (κ3) is 2.77. The van der Waals surface area contributed by atoms with Crippen LogP contribution in [0.15, 0.2) is 60.8 Å². The summed E-state index contributed by atoms with van der Waals surface area (Å²) in [6.07, 6.45) is 9.04. The number of benzene rings is 2. The highest BCUT2D eigenvalue weighted by molar-refractivity contribution is 6.37. The quantitative estimate of drug-likeness (QED) is 0.333. The second-order valence-corrected chi connectivity index (χ2v) is 5.99. The fourth-order valence-corrected chi connectivity index (χ4v) is 3.13. The molecule has 27 heavy (non-hydrogen) atoms. The van der Waals surface area contributed by atoms with Crippen LogP contribution < -0.4 is 4.90 Å². The zero-order valence-electron chi connectivity index (χ0n) is 14.0. The maximum Gasteiger partial charge on any atom is 0.270 e. The van der Waals surface area contributed by atoms with Crippen molar-refractivity contribution in [2.75, 3.05) is 4.90 Å². The lowest BCUT2D eigenvalue weighted by molar-refractivity contribution is -0.384. The van der Waals surface area contributed by atoms with Gasteiger partial charge in [-0.05, 0) is 41.5 Å². The van der Waals surface area contributed by atoms with Gasteiger partial charge in [-0.15, -0.1) is 0 Å². The number of aromatic nitrogens is 1. The van der Waals surface area contributed by atoms with Gasteiger partial charge in [0, 0.05) is 35.6 Å². The third-order valence-electron chi connectivity index (χ3n) is 4.40. The first-order valence-electron chi connectivity index (χ1n) is 8.13. The SMILES string of the molecule is C#CN1C(=O)C(=Cc2ccc[nH]2)c2cc(-c3cccc([N+](=O)[O-])c3)ccc21. The monoisotopic (exact) mass is 355 g/mol. The average Bonchev–Trinajstić information content (AvgIpc) is 3.28. The van der Waals surface area contributed by atoms with Crippen LogP contribution >= 0.6 is 0 Å². The van der Waals surface area contributed by atoms with Crippen LogP contribution in [0.1, 0.15) is 11.3 Å². The minimum atomic E-state index is -0.433. The van der Waals surface area contributed by atoms with Gasteiger partial charge in [-0.1, -0.05) is 24.6 Å². The van der Waals surface area contributed by atoms with E-state index >= 15 is 0 Å². The number of non-ortho nitro benzene ring substituents is 1. The molecule has 0 unspecified atom stereocenters. The predicted octanol–water partition coefficient (Wildman–Crippen LogP) is 4.07. The van der Waals surface area contributed by atoms with Gasteiger partial charge in [-0.25, -0.2) is 4.90 Å². The highest BCUT2D eigenvalue weighted by Crippen LogP contribution is 2.40. The smallest absolute Gasteiger partial charge is 0.270 e. The number of hydrogen-bond donors (Lipinski definition) is 1. The summed E-state index contributed by atoms with van der Waals surface area (Å²) in [5.74, 6) is -0.279. The van der Waals surface area contributed by atoms with Crippen molar-refractivity contribution in [3.63, 3.8) is 0 Å². The Hall–Kier alpha value is -4.11. The lowest BCUT2D eigenvalue weighted by Gasteiger charge is -2.08. The molecule has 0 atom stereocenters. The molecule has 1 N–H and O–H groups in total. The van der Waals surface area contributed by atoms with E-state index in [1.165, 1.54) is 17.0 Å². The molecule has 0 saturated carbocycles. The molecule has 0 spiro atoms. The Kier molecular flexibility index (Phi) is 3.83. The Morgan fingerprint density at radius 1 is 1.11 bits per heavy atom. The van der Waals surface area contributed by atoms with Crippen molar-refractivity contribution < 1.29 is 9.72 Å². The number of rotatable bonds is 3. The minimum Gasteiger partial charge on any atom is -0.362 e. The second kappa shape index (κ2) is 6.32. The van der Waals surface area contributed by atoms with E-state index in [9.17, 15) is 14.9 Å². The molecule has 0 saturated heterocycles. The van der Waals surface area contributed by atoms with E-state index in [4.69, 9.17) is 6.42 Å². The number of carbonyl (C=O) groups is 1. The molecular formula is C21H13N3O3. The van der Waals surface area contributed by atoms with E-state index in [2.05, 4.69) is 11.0 Å². The summed E-state index contributed by atoms with van der Waals surface area (Å²) in [7, 11) is 0. The van der Waals surface area contributed by atoms with Crippen molar-refractivity contribution in [1.29, 1.82) is 0 Å². The van der Waals surface area contributed by atoms with E-state index in [-0.39, 0.29) is 11.6 Å². The van der Waals surface area contributed by atoms with Gasteiger partial charge in [-0.3, -0.25) is 14.9 Å². The van der Waals surface area contributed by atoms with Crippen LogP contribution in [0.2, 0.25) is 0 Å². The summed E-state index contributed by atoms with van der Waals surface area (Å²) in [6, 6.07) is 17.9. The van der Waals surface area contributed by atoms with Crippen LogP contribution in [0.5, 0.6) is 0 Å². The predicted molar refractivity (Wildman–Crippen MR) is 104 cm³/mol. The number of nitrogens with one attached hydrogen (secondary N) is 1. The lowest BCUT2D eigenvalue weighted by atomic mass is 9.98. The number of hydrogen-bond acceptors (Lipinski definition) is 3. The van der Waals surface area contributed by atoms with E-state index in [0.717, 1.165) is 11.3 Å². The molecular weight excluding hydrogens is 342 g/mol. The Morgan fingerprint density at radius 3 is 2.63 bits per heavy atom. The molecule has 2 aromatic carbocycles. The number of carbonyl (C=O) groups excluding carboxylic acids is 1. The number of terminal acetylenes is 1. The van der Waals surface area contributed by atoms with Gasteiger partial charge < -0.3 is 4.98 Å². The molecule has 6 nitrogen and oxygen atoms in total. The van der Waals surface area contributed by atoms with Crippen molar-refractivity contribution in [1.82, 2.24) is 4.98 Å². The molecule has 1 aliphatic heterocycles. The molecule has 0 aliphatic carbocycles. The van der Waals surface area contributed by atoms with Gasteiger partial charge in [0.2, 0.25) is 0 Å². The van der Waals surface area contributed by atoms with Gasteiger partial charge in [0.1, 0.15) is 0 Å². The Morgan fingerprint density at radius 2 is 1.93 bits per heavy atom. The molecule has 2 heterocycles. The summed E-state index contributed by atoms with van der Waals surface area (Å²) in [5.41, 5.74) is 4.03. The van der Waals surface area contributed by atoms with Crippen LogP contribution in [-0.4, -0.2) is 15.8 Å². The van der Waals surface area contributed by atoms with E-state index in [1.807, 2.05) is 18.2 Å². The summed E-state index contributed by atoms with van der Waals surface area (Å²) >= 11 is 0. The number of aromatic amines is 1. The molecule has 1 aromatic heterocycles. The Bertz CT molecular complexity index is 1140. The molecule has 3 aromatic rings. The van der Waals surface area contributed by atoms with Crippen LogP contribution in [0.3, 0.4) is 0 Å². The molecule has 0 fully saturated rings. The molecule has 0 radical (unpaired) electrons. The lowest BCUT2D eigenvalue weighted by Crippen LogP contribution is -2.19. The highest BCUT2D eigenvalue weighted by Gasteiger charge is 2.32. The maximum atomic E-state index is 12.7. The largest absolute Gasteiger partial charge is 0.362 e. The summed E-state index contributed by atoms with van der Waals surface area (Å²) in [4.78, 5) is 27.6. The first-order valence-corrected chi connectivity index (χ1v) is 8.13. The first-order chi connectivity index (χ1) is 13.1. The number of nitro benzene ring substituents is 1. The average molecular weight is 355 g/mol. The molecule has 6 heteroatoms. The fourth-order valence-electron chi connectivity index (χ4n) is 3.13. The van der Waals surface area contributed by atoms with Crippen molar-refractivity contribution in [3.8, 4) is 23.6 Å². The van der Waals surface area contributed by atoms with Crippen LogP contribution in [0.25, 0.3) is 22.8 Å². The van der Waals surface area contributed by atoms with Crippen molar-refractivity contribution in [2.24, 2.45) is 0 Å². The molecule has 1 aliphatic rings. The van der Waals surface area contributed by atoms with Crippen molar-refractivity contribution in [3.05, 3.63) is 82.2 Å². The number of H-pyrrole nitrogens is 1. The van der Waals surface area contributed by atoms with Crippen LogP contribution in [0, 0.1) is 22.6 Å². The van der Waals surface area contributed by atoms with Gasteiger partial charge in [-0.2, -0.15) is 0 Å².